The molecule has 0 aliphatic heterocycles. The average molecular weight is 330 g/mol. The Labute approximate surface area is 128 Å². The maximum absolute atomic E-state index is 13.7. The number of carbonyl (C=O) groups excluding carboxylic acids is 1. The number of ether oxygens (including phenoxy) is 1. The van der Waals surface area contributed by atoms with Gasteiger partial charge >= 0.3 is 0 Å². The van der Waals surface area contributed by atoms with Gasteiger partial charge in [-0.1, -0.05) is 29.3 Å². The Balaban J connectivity index is 2.50. The van der Waals surface area contributed by atoms with Crippen molar-refractivity contribution in [3.8, 4) is 11.5 Å². The lowest BCUT2D eigenvalue weighted by Gasteiger charge is -2.11. The van der Waals surface area contributed by atoms with Gasteiger partial charge in [0, 0.05) is 12.1 Å². The van der Waals surface area contributed by atoms with Gasteiger partial charge in [0.2, 0.25) is 0 Å². The number of nitro groups is 1. The third-order valence-electron chi connectivity index (χ3n) is 2.52. The number of nitrogens with zero attached hydrogens (tertiary/aromatic N) is 1. The topological polar surface area (TPSA) is 69.4 Å². The summed E-state index contributed by atoms with van der Waals surface area (Å²) >= 11 is 11.7. The molecule has 5 nitrogen and oxygen atoms in total. The van der Waals surface area contributed by atoms with Crippen molar-refractivity contribution in [2.45, 2.75) is 0 Å². The first-order chi connectivity index (χ1) is 9.93. The third kappa shape index (κ3) is 3.12. The molecule has 0 saturated heterocycles. The highest BCUT2D eigenvalue weighted by atomic mass is 35.5. The van der Waals surface area contributed by atoms with Crippen LogP contribution in [0.1, 0.15) is 10.4 Å². The summed E-state index contributed by atoms with van der Waals surface area (Å²) in [5.74, 6) is -1.31. The van der Waals surface area contributed by atoms with Crippen LogP contribution in [-0.2, 0) is 0 Å². The van der Waals surface area contributed by atoms with Crippen LogP contribution in [0.5, 0.6) is 11.5 Å². The van der Waals surface area contributed by atoms with E-state index in [9.17, 15) is 19.3 Å². The zero-order valence-electron chi connectivity index (χ0n) is 10.2. The molecule has 0 heterocycles. The van der Waals surface area contributed by atoms with Gasteiger partial charge in [-0.2, -0.15) is 0 Å². The maximum atomic E-state index is 13.7. The summed E-state index contributed by atoms with van der Waals surface area (Å²) in [6.45, 7) is 0. The van der Waals surface area contributed by atoms with Gasteiger partial charge in [-0.3, -0.25) is 14.9 Å². The van der Waals surface area contributed by atoms with Crippen LogP contribution in [0.4, 0.5) is 10.1 Å². The van der Waals surface area contributed by atoms with Crippen LogP contribution < -0.4 is 4.74 Å². The Morgan fingerprint density at radius 3 is 2.33 bits per heavy atom. The van der Waals surface area contributed by atoms with E-state index >= 15 is 0 Å². The molecular formula is C13H6Cl2FNO4. The van der Waals surface area contributed by atoms with Crippen molar-refractivity contribution in [1.29, 1.82) is 0 Å². The lowest BCUT2D eigenvalue weighted by molar-refractivity contribution is -0.384. The third-order valence-corrected chi connectivity index (χ3v) is 3.08. The van der Waals surface area contributed by atoms with E-state index in [0.717, 1.165) is 18.2 Å². The molecule has 0 fully saturated rings. The van der Waals surface area contributed by atoms with Crippen LogP contribution in [0.2, 0.25) is 10.0 Å². The van der Waals surface area contributed by atoms with E-state index < -0.39 is 10.7 Å². The smallest absolute Gasteiger partial charge is 0.272 e. The molecular weight excluding hydrogens is 324 g/mol. The molecule has 0 unspecified atom stereocenters. The number of hydrogen-bond donors (Lipinski definition) is 0. The van der Waals surface area contributed by atoms with Crippen molar-refractivity contribution in [1.82, 2.24) is 0 Å². The van der Waals surface area contributed by atoms with E-state index in [1.807, 2.05) is 0 Å². The number of nitro benzene ring substituents is 1. The Bertz CT molecular complexity index is 713. The van der Waals surface area contributed by atoms with Crippen LogP contribution in [-0.4, -0.2) is 11.2 Å². The molecule has 0 saturated carbocycles. The minimum Gasteiger partial charge on any atom is -0.450 e. The largest absolute Gasteiger partial charge is 0.450 e. The molecule has 0 spiro atoms. The van der Waals surface area contributed by atoms with Crippen molar-refractivity contribution in [2.75, 3.05) is 0 Å². The highest BCUT2D eigenvalue weighted by molar-refractivity contribution is 6.37. The van der Waals surface area contributed by atoms with Crippen molar-refractivity contribution in [2.24, 2.45) is 0 Å². The number of rotatable bonds is 4. The van der Waals surface area contributed by atoms with E-state index in [-0.39, 0.29) is 32.8 Å². The summed E-state index contributed by atoms with van der Waals surface area (Å²) in [4.78, 5) is 20.9. The van der Waals surface area contributed by atoms with Crippen LogP contribution in [0.15, 0.2) is 30.3 Å². The second-order valence-electron chi connectivity index (χ2n) is 3.87. The minimum absolute atomic E-state index is 0.0412. The molecule has 0 bridgehead atoms. The monoisotopic (exact) mass is 329 g/mol. The molecule has 8 heteroatoms. The number of halogens is 3. The minimum atomic E-state index is -0.787. The van der Waals surface area contributed by atoms with Gasteiger partial charge in [0.1, 0.15) is 0 Å². The molecule has 0 aliphatic carbocycles. The van der Waals surface area contributed by atoms with Crippen LogP contribution in [0.25, 0.3) is 0 Å². The SMILES string of the molecule is O=Cc1cccc(F)c1Oc1c(Cl)cc([N+](=O)[O-])cc1Cl. The van der Waals surface area contributed by atoms with E-state index in [2.05, 4.69) is 0 Å². The first-order valence-corrected chi connectivity index (χ1v) is 6.24. The van der Waals surface area contributed by atoms with Gasteiger partial charge in [0.05, 0.1) is 20.5 Å². The lowest BCUT2D eigenvalue weighted by atomic mass is 10.2. The molecule has 0 radical (unpaired) electrons. The van der Waals surface area contributed by atoms with E-state index in [1.54, 1.807) is 0 Å². The fraction of sp³-hybridized carbons (Fsp3) is 0. The lowest BCUT2D eigenvalue weighted by Crippen LogP contribution is -1.96. The summed E-state index contributed by atoms with van der Waals surface area (Å²) in [5.41, 5.74) is -0.373. The molecule has 0 N–H and O–H groups in total. The Kier molecular flexibility index (Phi) is 4.40. The molecule has 0 aliphatic rings. The van der Waals surface area contributed by atoms with Crippen molar-refractivity contribution in [3.63, 3.8) is 0 Å². The number of aldehydes is 1. The second kappa shape index (κ2) is 6.07. The maximum Gasteiger partial charge on any atom is 0.272 e. The van der Waals surface area contributed by atoms with Gasteiger partial charge in [-0.05, 0) is 12.1 Å². The summed E-state index contributed by atoms with van der Waals surface area (Å²) in [7, 11) is 0. The van der Waals surface area contributed by atoms with Gasteiger partial charge < -0.3 is 4.74 Å². The van der Waals surface area contributed by atoms with E-state index in [0.29, 0.717) is 6.29 Å². The average Bonchev–Trinajstić information content (AvgIpc) is 2.43. The molecule has 2 aromatic rings. The van der Waals surface area contributed by atoms with E-state index in [4.69, 9.17) is 27.9 Å². The fourth-order valence-corrected chi connectivity index (χ4v) is 2.13. The van der Waals surface area contributed by atoms with Gasteiger partial charge in [0.25, 0.3) is 5.69 Å². The van der Waals surface area contributed by atoms with E-state index in [1.165, 1.54) is 12.1 Å². The summed E-state index contributed by atoms with van der Waals surface area (Å²) in [5, 5.41) is 10.3. The highest BCUT2D eigenvalue weighted by Crippen LogP contribution is 2.40. The van der Waals surface area contributed by atoms with Crippen molar-refractivity contribution < 1.29 is 18.8 Å². The predicted octanol–water partition coefficient (Wildman–Crippen LogP) is 4.65. The van der Waals surface area contributed by atoms with Gasteiger partial charge in [-0.15, -0.1) is 0 Å². The fourth-order valence-electron chi connectivity index (χ4n) is 1.58. The Morgan fingerprint density at radius 1 is 1.19 bits per heavy atom. The molecule has 2 rings (SSSR count). The number of para-hydroxylation sites is 1. The Hall–Kier alpha value is -2.18. The number of carbonyl (C=O) groups is 1. The van der Waals surface area contributed by atoms with Crippen LogP contribution >= 0.6 is 23.2 Å². The molecule has 0 amide bonds. The highest BCUT2D eigenvalue weighted by Gasteiger charge is 2.19. The number of non-ortho nitro benzene ring substituents is 1. The number of benzene rings is 2. The van der Waals surface area contributed by atoms with Gasteiger partial charge in [0.15, 0.2) is 23.6 Å². The van der Waals surface area contributed by atoms with Crippen molar-refractivity contribution in [3.05, 3.63) is 61.9 Å². The normalized spacial score (nSPS) is 10.2. The molecule has 21 heavy (non-hydrogen) atoms. The molecule has 108 valence electrons. The van der Waals surface area contributed by atoms with Crippen molar-refractivity contribution >= 4 is 35.2 Å². The Morgan fingerprint density at radius 2 is 1.81 bits per heavy atom. The quantitative estimate of drug-likeness (QED) is 0.465. The predicted molar refractivity (Wildman–Crippen MR) is 75.0 cm³/mol. The second-order valence-corrected chi connectivity index (χ2v) is 4.69. The summed E-state index contributed by atoms with van der Waals surface area (Å²) < 4.78 is 19.0. The van der Waals surface area contributed by atoms with Crippen LogP contribution in [0, 0.1) is 15.9 Å². The van der Waals surface area contributed by atoms with Crippen LogP contribution in [0.3, 0.4) is 0 Å². The molecule has 0 aromatic heterocycles. The molecule has 2 aromatic carbocycles. The standard InChI is InChI=1S/C13H6Cl2FNO4/c14-9-4-8(17(19)20)5-10(15)13(9)21-12-7(6-18)2-1-3-11(12)16/h1-6H. The molecule has 0 atom stereocenters. The van der Waals surface area contributed by atoms with Gasteiger partial charge in [-0.25, -0.2) is 4.39 Å². The first-order valence-electron chi connectivity index (χ1n) is 5.49. The zero-order chi connectivity index (χ0) is 15.6. The first kappa shape index (κ1) is 15.2. The summed E-state index contributed by atoms with van der Waals surface area (Å²) in [6, 6.07) is 5.81. The summed E-state index contributed by atoms with van der Waals surface area (Å²) in [6.07, 6.45) is 0.408. The number of hydrogen-bond acceptors (Lipinski definition) is 4. The zero-order valence-corrected chi connectivity index (χ0v) is 11.7.